The molecule has 2 aliphatic heterocycles. The first kappa shape index (κ1) is 15.4. The van der Waals surface area contributed by atoms with E-state index in [0.717, 1.165) is 13.0 Å². The zero-order chi connectivity index (χ0) is 15.1. The molecule has 0 aromatic rings. The van der Waals surface area contributed by atoms with Crippen LogP contribution < -0.4 is 0 Å². The van der Waals surface area contributed by atoms with Crippen molar-refractivity contribution >= 4 is 11.9 Å². The van der Waals surface area contributed by atoms with Gasteiger partial charge >= 0.3 is 11.9 Å². The van der Waals surface area contributed by atoms with Crippen LogP contribution in [0.15, 0.2) is 0 Å². The fourth-order valence-electron chi connectivity index (χ4n) is 4.15. The minimum atomic E-state index is -0.286. The fraction of sp³-hybridized carbons (Fsp3) is 0.867. The van der Waals surface area contributed by atoms with E-state index in [4.69, 9.17) is 9.84 Å². The molecule has 5 nitrogen and oxygen atoms in total. The summed E-state index contributed by atoms with van der Waals surface area (Å²) in [6.45, 7) is 8.88. The first-order valence-corrected chi connectivity index (χ1v) is 7.48. The number of nitrogens with zero attached hydrogens (tertiary/aromatic N) is 1. The molecule has 20 heavy (non-hydrogen) atoms. The summed E-state index contributed by atoms with van der Waals surface area (Å²) in [5.41, 5.74) is -0.286. The van der Waals surface area contributed by atoms with Crippen LogP contribution in [0.2, 0.25) is 0 Å². The summed E-state index contributed by atoms with van der Waals surface area (Å²) in [6, 6.07) is 0.502. The first-order valence-electron chi connectivity index (χ1n) is 7.48. The van der Waals surface area contributed by atoms with Crippen LogP contribution in [0.3, 0.4) is 0 Å². The molecule has 2 rings (SSSR count). The Kier molecular flexibility index (Phi) is 3.95. The molecule has 2 saturated heterocycles. The van der Waals surface area contributed by atoms with Crippen molar-refractivity contribution in [3.63, 3.8) is 0 Å². The number of hydrogen-bond acceptors (Lipinski definition) is 4. The molecule has 0 aromatic carbocycles. The van der Waals surface area contributed by atoms with E-state index in [9.17, 15) is 9.59 Å². The van der Waals surface area contributed by atoms with Crippen LogP contribution in [0.4, 0.5) is 0 Å². The van der Waals surface area contributed by atoms with Gasteiger partial charge in [0.15, 0.2) is 6.04 Å². The van der Waals surface area contributed by atoms with Gasteiger partial charge in [-0.15, -0.1) is 0 Å². The number of aliphatic hydroxyl groups is 1. The standard InChI is InChI=1S/C15H26NO4/c1-10(14(19)20-9-8-17)15(3,4)13-11(2)16(13)7-5-6-12(16)18/h10-11,13,17H,5-9H2,1-4H3/q+1. The number of amides is 1. The van der Waals surface area contributed by atoms with Crippen LogP contribution in [-0.2, 0) is 14.3 Å². The van der Waals surface area contributed by atoms with Crippen molar-refractivity contribution in [3.05, 3.63) is 0 Å². The molecule has 2 aliphatic rings. The molecule has 1 N–H and O–H groups in total. The Hall–Kier alpha value is -0.940. The molecule has 0 aliphatic carbocycles. The zero-order valence-corrected chi connectivity index (χ0v) is 12.9. The maximum atomic E-state index is 12.2. The normalized spacial score (nSPS) is 34.4. The molecule has 2 heterocycles. The lowest BCUT2D eigenvalue weighted by atomic mass is 9.75. The molecule has 0 aromatic heterocycles. The lowest BCUT2D eigenvalue weighted by Gasteiger charge is -2.29. The molecule has 1 amide bonds. The summed E-state index contributed by atoms with van der Waals surface area (Å²) >= 11 is 0. The summed E-state index contributed by atoms with van der Waals surface area (Å²) in [5, 5.41) is 8.74. The summed E-state index contributed by atoms with van der Waals surface area (Å²) < 4.78 is 5.61. The van der Waals surface area contributed by atoms with Crippen LogP contribution >= 0.6 is 0 Å². The van der Waals surface area contributed by atoms with Gasteiger partial charge < -0.3 is 9.84 Å². The monoisotopic (exact) mass is 284 g/mol. The van der Waals surface area contributed by atoms with Crippen molar-refractivity contribution < 1.29 is 23.9 Å². The van der Waals surface area contributed by atoms with Gasteiger partial charge in [-0.1, -0.05) is 20.8 Å². The number of carbonyl (C=O) groups is 2. The summed E-state index contributed by atoms with van der Waals surface area (Å²) in [7, 11) is 0. The SMILES string of the molecule is CC(C(=O)OCCO)C(C)(C)C1C(C)[N+]12CCCC2=O. The van der Waals surface area contributed by atoms with E-state index in [0.29, 0.717) is 22.9 Å². The summed E-state index contributed by atoms with van der Waals surface area (Å²) in [5.74, 6) is -0.244. The van der Waals surface area contributed by atoms with Gasteiger partial charge in [0.25, 0.3) is 0 Å². The minimum Gasteiger partial charge on any atom is -0.463 e. The van der Waals surface area contributed by atoms with Crippen molar-refractivity contribution in [2.45, 2.75) is 52.6 Å². The van der Waals surface area contributed by atoms with Gasteiger partial charge in [0.2, 0.25) is 0 Å². The third-order valence-corrected chi connectivity index (χ3v) is 5.54. The topological polar surface area (TPSA) is 63.6 Å². The van der Waals surface area contributed by atoms with Crippen molar-refractivity contribution in [1.29, 1.82) is 0 Å². The van der Waals surface area contributed by atoms with Crippen LogP contribution in [0, 0.1) is 11.3 Å². The quantitative estimate of drug-likeness (QED) is 0.466. The highest BCUT2D eigenvalue weighted by Crippen LogP contribution is 2.55. The summed E-state index contributed by atoms with van der Waals surface area (Å²) in [6.07, 6.45) is 1.62. The van der Waals surface area contributed by atoms with E-state index in [1.165, 1.54) is 0 Å². The third kappa shape index (κ3) is 2.07. The van der Waals surface area contributed by atoms with Crippen molar-refractivity contribution in [1.82, 2.24) is 0 Å². The van der Waals surface area contributed by atoms with E-state index in [1.54, 1.807) is 0 Å². The number of esters is 1. The lowest BCUT2D eigenvalue weighted by molar-refractivity contribution is -0.742. The summed E-state index contributed by atoms with van der Waals surface area (Å²) in [4.78, 5) is 24.3. The molecular formula is C15H26NO4+. The lowest BCUT2D eigenvalue weighted by Crippen LogP contribution is -2.42. The Morgan fingerprint density at radius 3 is 2.70 bits per heavy atom. The smallest absolute Gasteiger partial charge is 0.314 e. The van der Waals surface area contributed by atoms with Crippen LogP contribution in [0.25, 0.3) is 0 Å². The molecule has 4 atom stereocenters. The van der Waals surface area contributed by atoms with Crippen molar-refractivity contribution in [2.24, 2.45) is 11.3 Å². The van der Waals surface area contributed by atoms with Gasteiger partial charge in [-0.25, -0.2) is 9.28 Å². The van der Waals surface area contributed by atoms with Crippen LogP contribution in [-0.4, -0.2) is 53.3 Å². The van der Waals surface area contributed by atoms with Gasteiger partial charge in [-0.2, -0.15) is 0 Å². The van der Waals surface area contributed by atoms with Crippen LogP contribution in [0.5, 0.6) is 0 Å². The number of carbonyl (C=O) groups excluding carboxylic acids is 2. The number of hydrogen-bond donors (Lipinski definition) is 1. The van der Waals surface area contributed by atoms with Crippen molar-refractivity contribution in [2.75, 3.05) is 19.8 Å². The molecule has 114 valence electrons. The highest BCUT2D eigenvalue weighted by Gasteiger charge is 2.75. The van der Waals surface area contributed by atoms with E-state index in [-0.39, 0.29) is 36.6 Å². The van der Waals surface area contributed by atoms with Crippen LogP contribution in [0.1, 0.15) is 40.5 Å². The van der Waals surface area contributed by atoms with E-state index >= 15 is 0 Å². The molecule has 0 radical (unpaired) electrons. The Labute approximate surface area is 120 Å². The highest BCUT2D eigenvalue weighted by molar-refractivity contribution is 5.75. The molecule has 2 fully saturated rings. The zero-order valence-electron chi connectivity index (χ0n) is 12.9. The number of quaternary nitrogens is 1. The minimum absolute atomic E-state index is 0.0401. The van der Waals surface area contributed by atoms with E-state index in [2.05, 4.69) is 20.8 Å². The Morgan fingerprint density at radius 2 is 2.20 bits per heavy atom. The Bertz CT molecular complexity index is 420. The maximum absolute atomic E-state index is 12.2. The number of aliphatic hydroxyl groups excluding tert-OH is 1. The number of rotatable bonds is 5. The molecule has 0 saturated carbocycles. The second kappa shape index (κ2) is 5.11. The Balaban J connectivity index is 2.11. The largest absolute Gasteiger partial charge is 0.463 e. The van der Waals surface area contributed by atoms with Gasteiger partial charge in [0.1, 0.15) is 12.6 Å². The first-order chi connectivity index (χ1) is 9.30. The average molecular weight is 284 g/mol. The second-order valence-corrected chi connectivity index (χ2v) is 6.77. The van der Waals surface area contributed by atoms with Gasteiger partial charge in [-0.05, 0) is 6.92 Å². The van der Waals surface area contributed by atoms with Gasteiger partial charge in [0, 0.05) is 11.8 Å². The Morgan fingerprint density at radius 1 is 1.55 bits per heavy atom. The van der Waals surface area contributed by atoms with Crippen molar-refractivity contribution in [3.8, 4) is 0 Å². The average Bonchev–Trinajstić information content (AvgIpc) is 2.83. The molecule has 4 unspecified atom stereocenters. The van der Waals surface area contributed by atoms with Gasteiger partial charge in [0.05, 0.1) is 25.5 Å². The predicted octanol–water partition coefficient (Wildman–Crippen LogP) is 1.09. The molecule has 5 heteroatoms. The molecular weight excluding hydrogens is 258 g/mol. The number of ether oxygens (including phenoxy) is 1. The van der Waals surface area contributed by atoms with Gasteiger partial charge in [-0.3, -0.25) is 4.79 Å². The highest BCUT2D eigenvalue weighted by atomic mass is 16.5. The molecule has 0 bridgehead atoms. The maximum Gasteiger partial charge on any atom is 0.314 e. The molecule has 1 spiro atoms. The second-order valence-electron chi connectivity index (χ2n) is 6.77. The third-order valence-electron chi connectivity index (χ3n) is 5.54. The van der Waals surface area contributed by atoms with E-state index in [1.807, 2.05) is 6.92 Å². The van der Waals surface area contributed by atoms with E-state index < -0.39 is 0 Å². The fourth-order valence-corrected chi connectivity index (χ4v) is 4.15. The predicted molar refractivity (Wildman–Crippen MR) is 73.6 cm³/mol.